The van der Waals surface area contributed by atoms with Crippen LogP contribution in [0.2, 0.25) is 0 Å². The van der Waals surface area contributed by atoms with E-state index in [-0.39, 0.29) is 90.3 Å². The molecule has 2 fully saturated rings. The Kier molecular flexibility index (Phi) is 19.0. The first-order valence-electron chi connectivity index (χ1n) is 28.9. The number of aliphatic hydroxyl groups excluding tert-OH is 1. The number of methoxy groups -OCH3 is 1. The fraction of sp³-hybridized carbons (Fsp3) is 0.257. The highest BCUT2D eigenvalue weighted by molar-refractivity contribution is 5.88. The van der Waals surface area contributed by atoms with Gasteiger partial charge in [0.25, 0.3) is 0 Å². The summed E-state index contributed by atoms with van der Waals surface area (Å²) in [5, 5.41) is 24.6. The van der Waals surface area contributed by atoms with E-state index in [0.29, 0.717) is 30.4 Å². The van der Waals surface area contributed by atoms with Gasteiger partial charge in [0.2, 0.25) is 11.8 Å². The third kappa shape index (κ3) is 13.9. The number of hydrogen-bond acceptors (Lipinski definition) is 6. The number of carbonyl (C=O) groups is 4. The number of carbonyl (C=O) groups excluding carboxylic acids is 3. The van der Waals surface area contributed by atoms with Gasteiger partial charge in [-0.1, -0.05) is 134 Å². The van der Waals surface area contributed by atoms with Crippen LogP contribution in [0.5, 0.6) is 0 Å². The second-order valence-electron chi connectivity index (χ2n) is 21.9. The number of fused-ring (bicyclic) bond motifs is 4. The predicted molar refractivity (Wildman–Crippen MR) is 323 cm³/mol. The van der Waals surface area contributed by atoms with Crippen LogP contribution in [0.4, 0.5) is 13.2 Å². The van der Waals surface area contributed by atoms with E-state index in [2.05, 4.69) is 20.3 Å². The molecule has 0 spiro atoms. The average molecular weight is 1150 g/mol. The monoisotopic (exact) mass is 1150 g/mol. The summed E-state index contributed by atoms with van der Waals surface area (Å²) in [5.74, 6) is -2.52. The lowest BCUT2D eigenvalue weighted by atomic mass is 9.71. The van der Waals surface area contributed by atoms with Crippen molar-refractivity contribution < 1.29 is 47.3 Å². The van der Waals surface area contributed by atoms with Gasteiger partial charge < -0.3 is 40.1 Å². The lowest BCUT2D eigenvalue weighted by Gasteiger charge is -2.47. The van der Waals surface area contributed by atoms with E-state index in [1.165, 1.54) is 43.5 Å². The van der Waals surface area contributed by atoms with E-state index in [1.54, 1.807) is 24.4 Å². The second-order valence-corrected chi connectivity index (χ2v) is 21.9. The van der Waals surface area contributed by atoms with Crippen LogP contribution in [0.25, 0.3) is 32.7 Å². The summed E-state index contributed by atoms with van der Waals surface area (Å²) < 4.78 is 45.7. The summed E-state index contributed by atoms with van der Waals surface area (Å²) in [5.41, 5.74) is 8.76. The second kappa shape index (κ2) is 27.5. The van der Waals surface area contributed by atoms with Crippen LogP contribution in [0.15, 0.2) is 195 Å². The molecule has 10 aromatic rings. The first kappa shape index (κ1) is 59.0. The highest BCUT2D eigenvalue weighted by Crippen LogP contribution is 2.42. The quantitative estimate of drug-likeness (QED) is 0.0521. The summed E-state index contributed by atoms with van der Waals surface area (Å²) in [6.45, 7) is 0.401. The van der Waals surface area contributed by atoms with Crippen LogP contribution in [0.3, 0.4) is 0 Å². The number of aromatic amines is 3. The average Bonchev–Trinajstić information content (AvgIpc) is 4.44. The number of nitrogens with zero attached hydrogens (tertiary/aromatic N) is 1. The number of piperidine rings is 1. The summed E-state index contributed by atoms with van der Waals surface area (Å²) in [6.07, 6.45) is 10.8. The number of aromatic nitrogens is 3. The molecule has 12 rings (SSSR count). The maximum Gasteiger partial charge on any atom is 0.309 e. The van der Waals surface area contributed by atoms with Crippen LogP contribution in [-0.2, 0) is 23.9 Å². The number of benzene rings is 7. The molecule has 0 radical (unpaired) electrons. The van der Waals surface area contributed by atoms with Crippen LogP contribution in [-0.4, -0.2) is 80.1 Å². The molecule has 7 aromatic carbocycles. The minimum Gasteiger partial charge on any atom is -0.481 e. The molecule has 85 heavy (non-hydrogen) atoms. The molecule has 12 nitrogen and oxygen atoms in total. The number of likely N-dealkylation sites (tertiary alicyclic amines) is 1. The summed E-state index contributed by atoms with van der Waals surface area (Å²) in [4.78, 5) is 61.7. The summed E-state index contributed by atoms with van der Waals surface area (Å²) in [7, 11) is 1.45. The van der Waals surface area contributed by atoms with Gasteiger partial charge in [-0.05, 0) is 119 Å². The molecule has 436 valence electrons. The molecule has 6 unspecified atom stereocenters. The Morgan fingerprint density at radius 2 is 0.965 bits per heavy atom. The van der Waals surface area contributed by atoms with E-state index in [9.17, 15) is 42.6 Å². The van der Waals surface area contributed by atoms with E-state index >= 15 is 0 Å². The molecule has 3 aromatic heterocycles. The minimum absolute atomic E-state index is 0.00561. The molecule has 2 amide bonds. The molecule has 6 N–H and O–H groups in total. The number of esters is 1. The zero-order valence-corrected chi connectivity index (χ0v) is 47.1. The van der Waals surface area contributed by atoms with Gasteiger partial charge in [-0.2, -0.15) is 0 Å². The van der Waals surface area contributed by atoms with Gasteiger partial charge in [0.15, 0.2) is 0 Å². The van der Waals surface area contributed by atoms with Gasteiger partial charge in [0, 0.05) is 94.5 Å². The number of halogens is 3. The molecule has 0 bridgehead atoms. The molecule has 1 saturated carbocycles. The third-order valence-electron chi connectivity index (χ3n) is 16.8. The van der Waals surface area contributed by atoms with E-state index in [4.69, 9.17) is 4.74 Å². The van der Waals surface area contributed by atoms with Gasteiger partial charge in [-0.25, -0.2) is 13.2 Å². The standard InChI is InChI=1S/C28H31FN2O3.C25H23FN2O2.C17H14FNO2/c1-34-28(33)22-13-14-31(26-10-6-5-9-21(22)26)27(32)16-23(18-7-3-2-4-8-18)24-17-30-25-15-19(29)11-12-20(24)25;26-19-11-12-20-22(15-27-23(20)13-19)21(17-7-3-1-4-8-17)14-25(30)28-24(16-29)18-9-5-2-6-10-18;18-12-6-7-13-15(10-19-16(13)8-12)14(9-17(20)21)11-4-2-1-3-5-11/h2-4,7-8,11-12,15,17,21-23,26,30H,5-6,9-10,13-14,16H2,1H3;1-13,15,21,24,27,29H,14,16H2,(H,28,30);1-8,10,14,19H,9H2,(H,20,21)/t;21?,24-;/m.0./s1. The number of nitrogens with one attached hydrogen (secondary N) is 4. The number of H-pyrrole nitrogens is 3. The fourth-order valence-corrected chi connectivity index (χ4v) is 12.7. The number of aliphatic hydroxyl groups is 1. The van der Waals surface area contributed by atoms with Crippen molar-refractivity contribution in [1.82, 2.24) is 25.2 Å². The molecule has 2 aliphatic rings. The molecule has 1 aliphatic carbocycles. The highest BCUT2D eigenvalue weighted by atomic mass is 19.1. The van der Waals surface area contributed by atoms with Gasteiger partial charge in [-0.15, -0.1) is 0 Å². The van der Waals surface area contributed by atoms with Crippen molar-refractivity contribution >= 4 is 56.5 Å². The van der Waals surface area contributed by atoms with Crippen LogP contribution < -0.4 is 5.32 Å². The topological polar surface area (TPSA) is 181 Å². The van der Waals surface area contributed by atoms with Crippen molar-refractivity contribution in [2.45, 2.75) is 81.2 Å². The van der Waals surface area contributed by atoms with E-state index in [0.717, 1.165) is 86.3 Å². The normalized spacial score (nSPS) is 17.0. The summed E-state index contributed by atoms with van der Waals surface area (Å²) >= 11 is 0. The number of hydrogen-bond donors (Lipinski definition) is 6. The number of amides is 2. The van der Waals surface area contributed by atoms with Gasteiger partial charge in [0.05, 0.1) is 32.1 Å². The zero-order chi connectivity index (χ0) is 59.4. The first-order valence-corrected chi connectivity index (χ1v) is 28.9. The molecular weight excluding hydrogens is 1080 g/mol. The van der Waals surface area contributed by atoms with Crippen LogP contribution in [0, 0.1) is 29.3 Å². The molecular formula is C70H68F3N5O7. The Balaban J connectivity index is 0.000000146. The number of rotatable bonds is 16. The minimum atomic E-state index is -0.861. The van der Waals surface area contributed by atoms with Crippen molar-refractivity contribution in [3.05, 3.63) is 251 Å². The third-order valence-corrected chi connectivity index (χ3v) is 16.8. The van der Waals surface area contributed by atoms with Crippen LogP contribution in [0.1, 0.15) is 114 Å². The number of carboxylic acids is 1. The van der Waals surface area contributed by atoms with Crippen molar-refractivity contribution in [2.75, 3.05) is 20.3 Å². The number of carboxylic acid groups (broad SMARTS) is 1. The van der Waals surface area contributed by atoms with Gasteiger partial charge in [0.1, 0.15) is 17.5 Å². The zero-order valence-electron chi connectivity index (χ0n) is 47.1. The van der Waals surface area contributed by atoms with E-state index < -0.39 is 12.0 Å². The van der Waals surface area contributed by atoms with Gasteiger partial charge in [-0.3, -0.25) is 19.2 Å². The molecule has 7 atom stereocenters. The Labute approximate surface area is 491 Å². The molecule has 1 aliphatic heterocycles. The van der Waals surface area contributed by atoms with Crippen molar-refractivity contribution in [2.24, 2.45) is 11.8 Å². The number of ether oxygens (including phenoxy) is 1. The maximum absolute atomic E-state index is 13.8. The summed E-state index contributed by atoms with van der Waals surface area (Å²) in [6, 6.07) is 52.2. The lowest BCUT2D eigenvalue weighted by molar-refractivity contribution is -0.156. The largest absolute Gasteiger partial charge is 0.481 e. The molecule has 1 saturated heterocycles. The predicted octanol–water partition coefficient (Wildman–Crippen LogP) is 14.0. The SMILES string of the molecule is COC(=O)C1CCN(C(=O)CC(c2ccccc2)c2c[nH]c3cc(F)ccc23)C2CCCCC12.O=C(CC(c1ccccc1)c1c[nH]c2cc(F)ccc12)N[C@@H](CO)c1ccccc1.O=C(O)CC(c1ccccc1)c1c[nH]c2cc(F)ccc12. The molecule has 4 heterocycles. The fourth-order valence-electron chi connectivity index (χ4n) is 12.7. The van der Waals surface area contributed by atoms with E-state index in [1.807, 2.05) is 139 Å². The van der Waals surface area contributed by atoms with Crippen molar-refractivity contribution in [3.63, 3.8) is 0 Å². The Hall–Kier alpha value is -9.21. The molecule has 15 heteroatoms. The van der Waals surface area contributed by atoms with Crippen molar-refractivity contribution in [1.29, 1.82) is 0 Å². The van der Waals surface area contributed by atoms with Crippen LogP contribution >= 0.6 is 0 Å². The van der Waals surface area contributed by atoms with Gasteiger partial charge >= 0.3 is 11.9 Å². The Morgan fingerprint density at radius 1 is 0.553 bits per heavy atom. The maximum atomic E-state index is 13.8. The first-order chi connectivity index (χ1) is 41.4. The number of aliphatic carboxylic acids is 1. The lowest BCUT2D eigenvalue weighted by Crippen LogP contribution is -2.54. The Bertz CT molecular complexity index is 3870. The van der Waals surface area contributed by atoms with Crippen molar-refractivity contribution in [3.8, 4) is 0 Å². The smallest absolute Gasteiger partial charge is 0.309 e. The highest BCUT2D eigenvalue weighted by Gasteiger charge is 2.45. The Morgan fingerprint density at radius 3 is 1.39 bits per heavy atom.